The first-order chi connectivity index (χ1) is 8.72. The molecule has 1 heteroatoms. The smallest absolute Gasteiger partial charge is 0.0136 e. The van der Waals surface area contributed by atoms with Gasteiger partial charge in [0.15, 0.2) is 0 Å². The Morgan fingerprint density at radius 2 is 2.00 bits per heavy atom. The molecule has 1 saturated carbocycles. The molecule has 0 aliphatic heterocycles. The first-order valence-electron chi connectivity index (χ1n) is 7.50. The van der Waals surface area contributed by atoms with Crippen LogP contribution in [0.2, 0.25) is 0 Å². The molecule has 0 radical (unpaired) electrons. The molecule has 2 atom stereocenters. The molecule has 1 aromatic carbocycles. The van der Waals surface area contributed by atoms with Crippen LogP contribution < -0.4 is 5.32 Å². The Morgan fingerprint density at radius 3 is 2.61 bits per heavy atom. The van der Waals surface area contributed by atoms with E-state index >= 15 is 0 Å². The van der Waals surface area contributed by atoms with Gasteiger partial charge < -0.3 is 5.32 Å². The topological polar surface area (TPSA) is 12.0 Å². The molecule has 1 nitrogen and oxygen atoms in total. The van der Waals surface area contributed by atoms with Crippen LogP contribution in [0.15, 0.2) is 24.3 Å². The minimum atomic E-state index is 0.651. The molecule has 2 unspecified atom stereocenters. The van der Waals surface area contributed by atoms with E-state index in [4.69, 9.17) is 0 Å². The summed E-state index contributed by atoms with van der Waals surface area (Å²) < 4.78 is 0. The second-order valence-corrected chi connectivity index (χ2v) is 5.89. The minimum Gasteiger partial charge on any atom is -0.313 e. The zero-order chi connectivity index (χ0) is 13.0. The maximum Gasteiger partial charge on any atom is 0.0136 e. The Labute approximate surface area is 112 Å². The van der Waals surface area contributed by atoms with E-state index in [-0.39, 0.29) is 0 Å². The lowest BCUT2D eigenvalue weighted by Crippen LogP contribution is -2.38. The monoisotopic (exact) mass is 245 g/mol. The van der Waals surface area contributed by atoms with E-state index in [2.05, 4.69) is 50.4 Å². The van der Waals surface area contributed by atoms with Gasteiger partial charge in [0.25, 0.3) is 0 Å². The molecule has 1 fully saturated rings. The van der Waals surface area contributed by atoms with E-state index < -0.39 is 0 Å². The van der Waals surface area contributed by atoms with E-state index in [0.29, 0.717) is 6.04 Å². The third-order valence-corrected chi connectivity index (χ3v) is 4.36. The molecule has 0 aromatic heterocycles. The van der Waals surface area contributed by atoms with Crippen molar-refractivity contribution in [3.05, 3.63) is 35.4 Å². The SMILES string of the molecule is CCCNC(Cc1ccccc1C)C(C)C1CC1. The molecule has 1 aliphatic carbocycles. The molecule has 0 spiro atoms. The van der Waals surface area contributed by atoms with Gasteiger partial charge in [-0.15, -0.1) is 0 Å². The fraction of sp³-hybridized carbons (Fsp3) is 0.647. The third-order valence-electron chi connectivity index (χ3n) is 4.36. The highest BCUT2D eigenvalue weighted by molar-refractivity contribution is 5.26. The van der Waals surface area contributed by atoms with Crippen molar-refractivity contribution in [3.8, 4) is 0 Å². The maximum absolute atomic E-state index is 3.77. The van der Waals surface area contributed by atoms with Gasteiger partial charge >= 0.3 is 0 Å². The second-order valence-electron chi connectivity index (χ2n) is 5.89. The van der Waals surface area contributed by atoms with Crippen molar-refractivity contribution in [3.63, 3.8) is 0 Å². The van der Waals surface area contributed by atoms with Gasteiger partial charge in [0.1, 0.15) is 0 Å². The number of nitrogens with one attached hydrogen (secondary N) is 1. The highest BCUT2D eigenvalue weighted by Crippen LogP contribution is 2.39. The van der Waals surface area contributed by atoms with Crippen LogP contribution in [-0.2, 0) is 6.42 Å². The average Bonchev–Trinajstić information content (AvgIpc) is 3.20. The lowest BCUT2D eigenvalue weighted by Gasteiger charge is -2.26. The van der Waals surface area contributed by atoms with Crippen LogP contribution >= 0.6 is 0 Å². The van der Waals surface area contributed by atoms with Crippen molar-refractivity contribution in [2.45, 2.75) is 52.5 Å². The fourth-order valence-electron chi connectivity index (χ4n) is 2.80. The van der Waals surface area contributed by atoms with Crippen LogP contribution in [-0.4, -0.2) is 12.6 Å². The quantitative estimate of drug-likeness (QED) is 0.767. The first-order valence-corrected chi connectivity index (χ1v) is 7.50. The Kier molecular flexibility index (Phi) is 4.82. The average molecular weight is 245 g/mol. The fourth-order valence-corrected chi connectivity index (χ4v) is 2.80. The van der Waals surface area contributed by atoms with Crippen LogP contribution in [0.3, 0.4) is 0 Å². The Morgan fingerprint density at radius 1 is 1.28 bits per heavy atom. The number of benzene rings is 1. The van der Waals surface area contributed by atoms with Gasteiger partial charge in [-0.3, -0.25) is 0 Å². The van der Waals surface area contributed by atoms with Gasteiger partial charge in [-0.2, -0.15) is 0 Å². The molecular weight excluding hydrogens is 218 g/mol. The zero-order valence-electron chi connectivity index (χ0n) is 12.1. The molecule has 0 saturated heterocycles. The van der Waals surface area contributed by atoms with Crippen molar-refractivity contribution >= 4 is 0 Å². The Balaban J connectivity index is 2.01. The molecule has 0 heterocycles. The zero-order valence-corrected chi connectivity index (χ0v) is 12.1. The van der Waals surface area contributed by atoms with Gasteiger partial charge in [-0.05, 0) is 62.1 Å². The summed E-state index contributed by atoms with van der Waals surface area (Å²) in [5.41, 5.74) is 2.95. The summed E-state index contributed by atoms with van der Waals surface area (Å²) >= 11 is 0. The van der Waals surface area contributed by atoms with Crippen LogP contribution in [0.5, 0.6) is 0 Å². The van der Waals surface area contributed by atoms with Crippen LogP contribution in [0, 0.1) is 18.8 Å². The van der Waals surface area contributed by atoms with Crippen LogP contribution in [0.25, 0.3) is 0 Å². The van der Waals surface area contributed by atoms with E-state index in [1.54, 1.807) is 0 Å². The van der Waals surface area contributed by atoms with Gasteiger partial charge in [-0.1, -0.05) is 38.1 Å². The lowest BCUT2D eigenvalue weighted by molar-refractivity contribution is 0.339. The molecule has 1 aromatic rings. The summed E-state index contributed by atoms with van der Waals surface area (Å²) in [6, 6.07) is 9.47. The molecule has 18 heavy (non-hydrogen) atoms. The van der Waals surface area contributed by atoms with E-state index in [9.17, 15) is 0 Å². The van der Waals surface area contributed by atoms with E-state index in [0.717, 1.165) is 18.4 Å². The molecule has 1 N–H and O–H groups in total. The van der Waals surface area contributed by atoms with Gasteiger partial charge in [0.2, 0.25) is 0 Å². The highest BCUT2D eigenvalue weighted by atomic mass is 14.9. The van der Waals surface area contributed by atoms with Crippen molar-refractivity contribution in [2.75, 3.05) is 6.54 Å². The summed E-state index contributed by atoms with van der Waals surface area (Å²) in [5, 5.41) is 3.77. The van der Waals surface area contributed by atoms with Crippen molar-refractivity contribution < 1.29 is 0 Å². The summed E-state index contributed by atoms with van der Waals surface area (Å²) in [6.45, 7) is 8.06. The molecular formula is C17H27N. The number of hydrogen-bond acceptors (Lipinski definition) is 1. The minimum absolute atomic E-state index is 0.651. The number of rotatable bonds is 7. The van der Waals surface area contributed by atoms with Crippen LogP contribution in [0.4, 0.5) is 0 Å². The molecule has 1 aliphatic rings. The van der Waals surface area contributed by atoms with Crippen molar-refractivity contribution in [2.24, 2.45) is 11.8 Å². The van der Waals surface area contributed by atoms with Gasteiger partial charge in [-0.25, -0.2) is 0 Å². The number of aryl methyl sites for hydroxylation is 1. The summed E-state index contributed by atoms with van der Waals surface area (Å²) in [7, 11) is 0. The predicted octanol–water partition coefficient (Wildman–Crippen LogP) is 3.95. The molecule has 0 amide bonds. The van der Waals surface area contributed by atoms with E-state index in [1.165, 1.54) is 36.8 Å². The first kappa shape index (κ1) is 13.6. The predicted molar refractivity (Wildman–Crippen MR) is 78.9 cm³/mol. The standard InChI is InChI=1S/C17H27N/c1-4-11-18-17(14(3)15-9-10-15)12-16-8-6-5-7-13(16)2/h5-8,14-15,17-18H,4,9-12H2,1-3H3. The molecule has 2 rings (SSSR count). The summed E-state index contributed by atoms with van der Waals surface area (Å²) in [5.74, 6) is 1.79. The second kappa shape index (κ2) is 6.38. The number of hydrogen-bond donors (Lipinski definition) is 1. The Bertz CT molecular complexity index is 368. The van der Waals surface area contributed by atoms with E-state index in [1.807, 2.05) is 0 Å². The molecule has 0 bridgehead atoms. The van der Waals surface area contributed by atoms with Gasteiger partial charge in [0, 0.05) is 6.04 Å². The maximum atomic E-state index is 3.77. The third kappa shape index (κ3) is 3.58. The van der Waals surface area contributed by atoms with Crippen molar-refractivity contribution in [1.82, 2.24) is 5.32 Å². The lowest BCUT2D eigenvalue weighted by atomic mass is 9.89. The summed E-state index contributed by atoms with van der Waals surface area (Å²) in [6.07, 6.45) is 5.30. The normalized spacial score (nSPS) is 18.6. The van der Waals surface area contributed by atoms with Crippen molar-refractivity contribution in [1.29, 1.82) is 0 Å². The van der Waals surface area contributed by atoms with Crippen LogP contribution in [0.1, 0.15) is 44.2 Å². The highest BCUT2D eigenvalue weighted by Gasteiger charge is 2.33. The van der Waals surface area contributed by atoms with Gasteiger partial charge in [0.05, 0.1) is 0 Å². The summed E-state index contributed by atoms with van der Waals surface area (Å²) in [4.78, 5) is 0. The Hall–Kier alpha value is -0.820. The molecule has 100 valence electrons. The largest absolute Gasteiger partial charge is 0.313 e.